The molecule has 26 heavy (non-hydrogen) atoms. The second kappa shape index (κ2) is 7.86. The molecular weight excluding hydrogens is 328 g/mol. The van der Waals surface area contributed by atoms with Crippen molar-refractivity contribution in [2.24, 2.45) is 12.5 Å². The molecule has 2 aliphatic rings. The van der Waals surface area contributed by atoms with E-state index in [2.05, 4.69) is 21.2 Å². The monoisotopic (exact) mass is 356 g/mol. The molecule has 0 saturated carbocycles. The van der Waals surface area contributed by atoms with Crippen molar-refractivity contribution in [1.29, 1.82) is 0 Å². The molecular formula is C20H28N4O2. The molecule has 0 aromatic carbocycles. The molecule has 2 aromatic rings. The van der Waals surface area contributed by atoms with Crippen molar-refractivity contribution in [2.45, 2.75) is 38.5 Å². The largest absolute Gasteiger partial charge is 0.375 e. The summed E-state index contributed by atoms with van der Waals surface area (Å²) in [5.74, 6) is 0. The topological polar surface area (TPSA) is 52.4 Å². The van der Waals surface area contributed by atoms with Crippen LogP contribution in [-0.2, 0) is 29.7 Å². The third-order valence-electron chi connectivity index (χ3n) is 5.66. The summed E-state index contributed by atoms with van der Waals surface area (Å²) < 4.78 is 13.8. The van der Waals surface area contributed by atoms with E-state index in [1.807, 2.05) is 36.3 Å². The number of likely N-dealkylation sites (tertiary alicyclic amines) is 1. The van der Waals surface area contributed by atoms with Crippen molar-refractivity contribution in [2.75, 3.05) is 26.3 Å². The lowest BCUT2D eigenvalue weighted by Gasteiger charge is -2.38. The number of rotatable bonds is 6. The van der Waals surface area contributed by atoms with Crippen LogP contribution in [0.4, 0.5) is 0 Å². The smallest absolute Gasteiger partial charge is 0.0815 e. The van der Waals surface area contributed by atoms with E-state index in [1.165, 1.54) is 18.4 Å². The van der Waals surface area contributed by atoms with E-state index in [0.717, 1.165) is 38.2 Å². The Labute approximate surface area is 155 Å². The van der Waals surface area contributed by atoms with E-state index in [-0.39, 0.29) is 6.10 Å². The molecule has 4 heterocycles. The van der Waals surface area contributed by atoms with Gasteiger partial charge in [-0.15, -0.1) is 0 Å². The maximum Gasteiger partial charge on any atom is 0.0815 e. The van der Waals surface area contributed by atoms with Gasteiger partial charge in [0.15, 0.2) is 0 Å². The Balaban J connectivity index is 1.20. The summed E-state index contributed by atoms with van der Waals surface area (Å²) in [7, 11) is 1.97. The predicted octanol–water partition coefficient (Wildman–Crippen LogP) is 2.40. The highest BCUT2D eigenvalue weighted by molar-refractivity contribution is 5.07. The lowest BCUT2D eigenvalue weighted by molar-refractivity contribution is 0.00628. The lowest BCUT2D eigenvalue weighted by atomic mass is 9.76. The van der Waals surface area contributed by atoms with Gasteiger partial charge in [-0.05, 0) is 49.4 Å². The summed E-state index contributed by atoms with van der Waals surface area (Å²) in [6.07, 6.45) is 11.5. The summed E-state index contributed by atoms with van der Waals surface area (Å²) in [6, 6.07) is 3.99. The average molecular weight is 356 g/mol. The molecule has 0 bridgehead atoms. The van der Waals surface area contributed by atoms with E-state index in [9.17, 15) is 0 Å². The molecule has 0 aliphatic carbocycles. The van der Waals surface area contributed by atoms with Crippen LogP contribution in [-0.4, -0.2) is 52.1 Å². The van der Waals surface area contributed by atoms with Crippen molar-refractivity contribution in [3.05, 3.63) is 48.0 Å². The first-order valence-electron chi connectivity index (χ1n) is 9.49. The van der Waals surface area contributed by atoms with Gasteiger partial charge in [0.1, 0.15) is 0 Å². The van der Waals surface area contributed by atoms with Crippen LogP contribution in [0.2, 0.25) is 0 Å². The molecule has 2 fully saturated rings. The Bertz CT molecular complexity index is 695. The summed E-state index contributed by atoms with van der Waals surface area (Å²) in [5, 5.41) is 4.27. The molecule has 2 saturated heterocycles. The van der Waals surface area contributed by atoms with E-state index in [0.29, 0.717) is 18.6 Å². The molecule has 6 nitrogen and oxygen atoms in total. The summed E-state index contributed by atoms with van der Waals surface area (Å²) in [6.45, 7) is 5.45. The summed E-state index contributed by atoms with van der Waals surface area (Å²) in [5.41, 5.74) is 2.77. The van der Waals surface area contributed by atoms with Crippen LogP contribution in [0, 0.1) is 5.41 Å². The van der Waals surface area contributed by atoms with Crippen LogP contribution in [0.15, 0.2) is 36.9 Å². The molecule has 1 atom stereocenters. The standard InChI is InChI=1S/C20H28N4O2/c1-23-12-18(11-22-23)13-24-7-4-20(5-8-24)9-19(26-16-20)15-25-14-17-3-2-6-21-10-17/h2-3,6,10-12,19H,4-5,7-9,13-16H2,1H3/t19-/m1/s1. The zero-order valence-electron chi connectivity index (χ0n) is 15.5. The number of pyridine rings is 1. The number of nitrogens with zero attached hydrogens (tertiary/aromatic N) is 4. The van der Waals surface area contributed by atoms with E-state index >= 15 is 0 Å². The highest BCUT2D eigenvalue weighted by Crippen LogP contribution is 2.42. The fourth-order valence-corrected chi connectivity index (χ4v) is 4.14. The highest BCUT2D eigenvalue weighted by atomic mass is 16.5. The minimum atomic E-state index is 0.233. The molecule has 0 radical (unpaired) electrons. The van der Waals surface area contributed by atoms with Crippen LogP contribution < -0.4 is 0 Å². The molecule has 2 aromatic heterocycles. The highest BCUT2D eigenvalue weighted by Gasteiger charge is 2.42. The lowest BCUT2D eigenvalue weighted by Crippen LogP contribution is -2.40. The minimum absolute atomic E-state index is 0.233. The zero-order chi connectivity index (χ0) is 17.8. The van der Waals surface area contributed by atoms with Gasteiger partial charge in [-0.3, -0.25) is 14.6 Å². The second-order valence-electron chi connectivity index (χ2n) is 7.81. The van der Waals surface area contributed by atoms with Gasteiger partial charge in [-0.1, -0.05) is 6.07 Å². The zero-order valence-corrected chi connectivity index (χ0v) is 15.5. The SMILES string of the molecule is Cn1cc(CN2CCC3(CC2)CO[C@@H](COCc2cccnc2)C3)cn1. The van der Waals surface area contributed by atoms with Gasteiger partial charge < -0.3 is 9.47 Å². The molecule has 0 N–H and O–H groups in total. The predicted molar refractivity (Wildman–Crippen MR) is 98.4 cm³/mol. The molecule has 0 unspecified atom stereocenters. The third kappa shape index (κ3) is 4.31. The number of hydrogen-bond donors (Lipinski definition) is 0. The van der Waals surface area contributed by atoms with Crippen molar-refractivity contribution in [1.82, 2.24) is 19.7 Å². The van der Waals surface area contributed by atoms with Crippen LogP contribution in [0.3, 0.4) is 0 Å². The van der Waals surface area contributed by atoms with Gasteiger partial charge in [0, 0.05) is 37.7 Å². The number of hydrogen-bond acceptors (Lipinski definition) is 5. The second-order valence-corrected chi connectivity index (χ2v) is 7.81. The number of aryl methyl sites for hydroxylation is 1. The van der Waals surface area contributed by atoms with Gasteiger partial charge in [-0.2, -0.15) is 5.10 Å². The van der Waals surface area contributed by atoms with Gasteiger partial charge in [0.2, 0.25) is 0 Å². The Kier molecular flexibility index (Phi) is 5.33. The average Bonchev–Trinajstić information content (AvgIpc) is 3.25. The fourth-order valence-electron chi connectivity index (χ4n) is 4.14. The Morgan fingerprint density at radius 1 is 1.27 bits per heavy atom. The van der Waals surface area contributed by atoms with E-state index in [1.54, 1.807) is 6.20 Å². The maximum atomic E-state index is 6.07. The summed E-state index contributed by atoms with van der Waals surface area (Å²) in [4.78, 5) is 6.66. The van der Waals surface area contributed by atoms with Crippen molar-refractivity contribution in [3.63, 3.8) is 0 Å². The van der Waals surface area contributed by atoms with Gasteiger partial charge in [-0.25, -0.2) is 0 Å². The van der Waals surface area contributed by atoms with Gasteiger partial charge >= 0.3 is 0 Å². The molecule has 1 spiro atoms. The van der Waals surface area contributed by atoms with Crippen molar-refractivity contribution >= 4 is 0 Å². The molecule has 2 aliphatic heterocycles. The van der Waals surface area contributed by atoms with Gasteiger partial charge in [0.25, 0.3) is 0 Å². The van der Waals surface area contributed by atoms with Crippen LogP contribution in [0.25, 0.3) is 0 Å². The molecule has 6 heteroatoms. The number of piperidine rings is 1. The first kappa shape index (κ1) is 17.6. The van der Waals surface area contributed by atoms with Crippen molar-refractivity contribution in [3.8, 4) is 0 Å². The van der Waals surface area contributed by atoms with Crippen molar-refractivity contribution < 1.29 is 9.47 Å². The Morgan fingerprint density at radius 2 is 2.15 bits per heavy atom. The van der Waals surface area contributed by atoms with Gasteiger partial charge in [0.05, 0.1) is 32.1 Å². The fraction of sp³-hybridized carbons (Fsp3) is 0.600. The minimum Gasteiger partial charge on any atom is -0.375 e. The van der Waals surface area contributed by atoms with Crippen LogP contribution in [0.1, 0.15) is 30.4 Å². The third-order valence-corrected chi connectivity index (χ3v) is 5.66. The number of aromatic nitrogens is 3. The molecule has 0 amide bonds. The first-order valence-corrected chi connectivity index (χ1v) is 9.49. The van der Waals surface area contributed by atoms with Crippen LogP contribution in [0.5, 0.6) is 0 Å². The number of ether oxygens (including phenoxy) is 2. The quantitative estimate of drug-likeness (QED) is 0.796. The first-order chi connectivity index (χ1) is 12.7. The molecule has 140 valence electrons. The van der Waals surface area contributed by atoms with E-state index in [4.69, 9.17) is 9.47 Å². The molecule has 4 rings (SSSR count). The van der Waals surface area contributed by atoms with E-state index < -0.39 is 0 Å². The Morgan fingerprint density at radius 3 is 2.88 bits per heavy atom. The Hall–Kier alpha value is -1.76. The maximum absolute atomic E-state index is 6.07. The van der Waals surface area contributed by atoms with Crippen LogP contribution >= 0.6 is 0 Å². The normalized spacial score (nSPS) is 22.9. The summed E-state index contributed by atoms with van der Waals surface area (Å²) >= 11 is 0.